The fourth-order valence-corrected chi connectivity index (χ4v) is 3.03. The normalized spacial score (nSPS) is 16.9. The first-order valence-corrected chi connectivity index (χ1v) is 7.33. The van der Waals surface area contributed by atoms with Gasteiger partial charge >= 0.3 is 0 Å². The molecule has 2 aromatic rings. The van der Waals surface area contributed by atoms with Crippen LogP contribution in [0, 0.1) is 5.41 Å². The minimum absolute atomic E-state index is 0.345. The Kier molecular flexibility index (Phi) is 3.38. The third kappa shape index (κ3) is 2.16. The van der Waals surface area contributed by atoms with Crippen molar-refractivity contribution in [2.24, 2.45) is 5.41 Å². The number of nitrogens with two attached hydrogens (primary N) is 1. The Morgan fingerprint density at radius 1 is 1.40 bits per heavy atom. The second-order valence-electron chi connectivity index (χ2n) is 5.57. The number of nitrogens with zero attached hydrogens (tertiary/aromatic N) is 4. The maximum absolute atomic E-state index is 6.08. The van der Waals surface area contributed by atoms with Crippen LogP contribution < -0.4 is 5.73 Å². The summed E-state index contributed by atoms with van der Waals surface area (Å²) in [5, 5.41) is 12.6. The molecule has 1 aromatic heterocycles. The number of tetrazole rings is 1. The van der Waals surface area contributed by atoms with Crippen LogP contribution in [0.15, 0.2) is 18.2 Å². The molecule has 0 unspecified atom stereocenters. The zero-order chi connectivity index (χ0) is 14.2. The number of nitrogen functional groups attached to an aromatic ring is 1. The van der Waals surface area contributed by atoms with Gasteiger partial charge in [-0.15, -0.1) is 5.10 Å². The molecule has 0 aliphatic heterocycles. The van der Waals surface area contributed by atoms with Gasteiger partial charge in [0.1, 0.15) is 0 Å². The fraction of sp³-hybridized carbons (Fsp3) is 0.500. The van der Waals surface area contributed by atoms with Crippen LogP contribution in [0.1, 0.15) is 32.6 Å². The summed E-state index contributed by atoms with van der Waals surface area (Å²) in [7, 11) is 0. The number of anilines is 1. The standard InChI is InChI=1S/C14H18ClN5/c1-2-14(7-4-8-14)9-20-13(17-18-19-20)10-5-3-6-11(15)12(10)16/h3,5-6H,2,4,7-9,16H2,1H3. The van der Waals surface area contributed by atoms with Gasteiger partial charge in [-0.25, -0.2) is 4.68 Å². The summed E-state index contributed by atoms with van der Waals surface area (Å²) in [6.45, 7) is 3.08. The van der Waals surface area contributed by atoms with Crippen LogP contribution in [0.4, 0.5) is 5.69 Å². The molecule has 5 nitrogen and oxygen atoms in total. The second kappa shape index (κ2) is 5.05. The van der Waals surface area contributed by atoms with E-state index >= 15 is 0 Å². The third-order valence-corrected chi connectivity index (χ3v) is 4.80. The van der Waals surface area contributed by atoms with Gasteiger partial charge in [-0.3, -0.25) is 0 Å². The summed E-state index contributed by atoms with van der Waals surface area (Å²) in [6, 6.07) is 5.54. The Morgan fingerprint density at radius 3 is 2.85 bits per heavy atom. The quantitative estimate of drug-likeness (QED) is 0.879. The Bertz CT molecular complexity index is 612. The Balaban J connectivity index is 1.96. The predicted molar refractivity (Wildman–Crippen MR) is 79.3 cm³/mol. The van der Waals surface area contributed by atoms with Crippen molar-refractivity contribution in [1.29, 1.82) is 0 Å². The summed E-state index contributed by atoms with van der Waals surface area (Å²) in [6.07, 6.45) is 4.93. The van der Waals surface area contributed by atoms with Crippen LogP contribution in [0.2, 0.25) is 5.02 Å². The zero-order valence-corrected chi connectivity index (χ0v) is 12.3. The van der Waals surface area contributed by atoms with Crippen molar-refractivity contribution in [2.75, 3.05) is 5.73 Å². The van der Waals surface area contributed by atoms with E-state index < -0.39 is 0 Å². The van der Waals surface area contributed by atoms with Gasteiger partial charge in [-0.05, 0) is 47.2 Å². The number of benzene rings is 1. The maximum atomic E-state index is 6.08. The molecule has 1 saturated carbocycles. The number of hydrogen-bond donors (Lipinski definition) is 1. The zero-order valence-electron chi connectivity index (χ0n) is 11.5. The molecule has 1 heterocycles. The van der Waals surface area contributed by atoms with E-state index in [2.05, 4.69) is 22.4 Å². The average molecular weight is 292 g/mol. The molecule has 0 radical (unpaired) electrons. The van der Waals surface area contributed by atoms with E-state index in [1.807, 2.05) is 16.8 Å². The van der Waals surface area contributed by atoms with E-state index in [4.69, 9.17) is 17.3 Å². The minimum Gasteiger partial charge on any atom is -0.397 e. The topological polar surface area (TPSA) is 69.6 Å². The first-order valence-electron chi connectivity index (χ1n) is 6.96. The first kappa shape index (κ1) is 13.4. The van der Waals surface area contributed by atoms with Crippen molar-refractivity contribution >= 4 is 17.3 Å². The van der Waals surface area contributed by atoms with Gasteiger partial charge < -0.3 is 5.73 Å². The lowest BCUT2D eigenvalue weighted by atomic mass is 9.67. The van der Waals surface area contributed by atoms with E-state index in [1.165, 1.54) is 19.3 Å². The molecule has 0 spiro atoms. The summed E-state index contributed by atoms with van der Waals surface area (Å²) >= 11 is 6.08. The number of hydrogen-bond acceptors (Lipinski definition) is 4. The molecular formula is C14H18ClN5. The van der Waals surface area contributed by atoms with E-state index in [1.54, 1.807) is 6.07 Å². The molecule has 0 bridgehead atoms. The van der Waals surface area contributed by atoms with Crippen LogP contribution >= 0.6 is 11.6 Å². The SMILES string of the molecule is CCC1(Cn2nnnc2-c2cccc(Cl)c2N)CCC1. The van der Waals surface area contributed by atoms with Gasteiger partial charge in [0.25, 0.3) is 0 Å². The lowest BCUT2D eigenvalue weighted by molar-refractivity contribution is 0.0948. The Morgan fingerprint density at radius 2 is 2.20 bits per heavy atom. The van der Waals surface area contributed by atoms with Crippen molar-refractivity contribution in [3.05, 3.63) is 23.2 Å². The molecule has 1 aromatic carbocycles. The monoisotopic (exact) mass is 291 g/mol. The van der Waals surface area contributed by atoms with E-state index in [0.717, 1.165) is 18.5 Å². The molecule has 0 saturated heterocycles. The highest BCUT2D eigenvalue weighted by molar-refractivity contribution is 6.33. The van der Waals surface area contributed by atoms with Crippen molar-refractivity contribution in [3.63, 3.8) is 0 Å². The Hall–Kier alpha value is -1.62. The van der Waals surface area contributed by atoms with Crippen LogP contribution in [0.5, 0.6) is 0 Å². The first-order chi connectivity index (χ1) is 9.65. The largest absolute Gasteiger partial charge is 0.397 e. The molecule has 1 fully saturated rings. The molecular weight excluding hydrogens is 274 g/mol. The number of halogens is 1. The minimum atomic E-state index is 0.345. The van der Waals surface area contributed by atoms with Crippen LogP contribution in [0.3, 0.4) is 0 Å². The van der Waals surface area contributed by atoms with Crippen LogP contribution in [-0.2, 0) is 6.54 Å². The second-order valence-corrected chi connectivity index (χ2v) is 5.98. The van der Waals surface area contributed by atoms with E-state index in [9.17, 15) is 0 Å². The summed E-state index contributed by atoms with van der Waals surface area (Å²) in [4.78, 5) is 0. The lowest BCUT2D eigenvalue weighted by Gasteiger charge is -2.41. The highest BCUT2D eigenvalue weighted by atomic mass is 35.5. The average Bonchev–Trinajstić information content (AvgIpc) is 2.85. The molecule has 20 heavy (non-hydrogen) atoms. The number of para-hydroxylation sites is 1. The number of rotatable bonds is 4. The summed E-state index contributed by atoms with van der Waals surface area (Å²) in [5.41, 5.74) is 7.72. The van der Waals surface area contributed by atoms with Crippen molar-refractivity contribution in [2.45, 2.75) is 39.2 Å². The van der Waals surface area contributed by atoms with Crippen molar-refractivity contribution in [3.8, 4) is 11.4 Å². The van der Waals surface area contributed by atoms with Crippen LogP contribution in [-0.4, -0.2) is 20.2 Å². The molecule has 1 aliphatic carbocycles. The van der Waals surface area contributed by atoms with Gasteiger partial charge in [0, 0.05) is 5.56 Å². The molecule has 106 valence electrons. The van der Waals surface area contributed by atoms with E-state index in [0.29, 0.717) is 21.9 Å². The van der Waals surface area contributed by atoms with Gasteiger partial charge in [0.2, 0.25) is 0 Å². The molecule has 3 rings (SSSR count). The Labute approximate surface area is 123 Å². The van der Waals surface area contributed by atoms with Crippen molar-refractivity contribution < 1.29 is 0 Å². The fourth-order valence-electron chi connectivity index (χ4n) is 2.85. The van der Waals surface area contributed by atoms with Gasteiger partial charge in [-0.2, -0.15) is 0 Å². The highest BCUT2D eigenvalue weighted by Crippen LogP contribution is 2.45. The third-order valence-electron chi connectivity index (χ3n) is 4.48. The lowest BCUT2D eigenvalue weighted by Crippen LogP contribution is -2.34. The molecule has 2 N–H and O–H groups in total. The van der Waals surface area contributed by atoms with E-state index in [-0.39, 0.29) is 0 Å². The molecule has 6 heteroatoms. The molecule has 0 atom stereocenters. The maximum Gasteiger partial charge on any atom is 0.184 e. The predicted octanol–water partition coefficient (Wildman–Crippen LogP) is 3.16. The van der Waals surface area contributed by atoms with Crippen molar-refractivity contribution in [1.82, 2.24) is 20.2 Å². The number of aromatic nitrogens is 4. The summed E-state index contributed by atoms with van der Waals surface area (Å²) in [5.74, 6) is 0.699. The van der Waals surface area contributed by atoms with Gasteiger partial charge in [0.05, 0.1) is 17.3 Å². The van der Waals surface area contributed by atoms with Gasteiger partial charge in [0.15, 0.2) is 5.82 Å². The smallest absolute Gasteiger partial charge is 0.184 e. The highest BCUT2D eigenvalue weighted by Gasteiger charge is 2.36. The van der Waals surface area contributed by atoms with Crippen LogP contribution in [0.25, 0.3) is 11.4 Å². The summed E-state index contributed by atoms with van der Waals surface area (Å²) < 4.78 is 1.87. The van der Waals surface area contributed by atoms with Gasteiger partial charge in [-0.1, -0.05) is 31.0 Å². The molecule has 1 aliphatic rings. The molecule has 0 amide bonds.